The van der Waals surface area contributed by atoms with Crippen molar-refractivity contribution in [3.05, 3.63) is 63.1 Å². The van der Waals surface area contributed by atoms with Crippen molar-refractivity contribution in [2.45, 2.75) is 11.7 Å². The number of rotatable bonds is 1. The summed E-state index contributed by atoms with van der Waals surface area (Å²) < 4.78 is 6.33. The Kier molecular flexibility index (Phi) is 3.21. The molecule has 2 aromatic carbocycles. The SMILES string of the molecule is N#CC1(c2ccccc2)Oc2ccc(Cl)c(Br)c2[C@@H]1O. The van der Waals surface area contributed by atoms with Gasteiger partial charge in [-0.1, -0.05) is 41.9 Å². The smallest absolute Gasteiger partial charge is 0.249 e. The number of hydrogen-bond acceptors (Lipinski definition) is 3. The zero-order valence-electron chi connectivity index (χ0n) is 10.2. The zero-order chi connectivity index (χ0) is 14.3. The van der Waals surface area contributed by atoms with E-state index in [2.05, 4.69) is 22.0 Å². The van der Waals surface area contributed by atoms with Crippen LogP contribution in [-0.4, -0.2) is 5.11 Å². The molecular weight excluding hydrogens is 342 g/mol. The molecule has 3 rings (SSSR count). The highest BCUT2D eigenvalue weighted by atomic mass is 79.9. The number of hydrogen-bond donors (Lipinski definition) is 1. The Morgan fingerprint density at radius 2 is 1.95 bits per heavy atom. The van der Waals surface area contributed by atoms with E-state index in [0.29, 0.717) is 26.4 Å². The van der Waals surface area contributed by atoms with Gasteiger partial charge in [-0.15, -0.1) is 0 Å². The maximum atomic E-state index is 10.6. The normalized spacial score (nSPS) is 23.8. The first-order valence-electron chi connectivity index (χ1n) is 5.92. The van der Waals surface area contributed by atoms with E-state index < -0.39 is 11.7 Å². The fourth-order valence-electron chi connectivity index (χ4n) is 2.38. The van der Waals surface area contributed by atoms with E-state index in [0.717, 1.165) is 0 Å². The summed E-state index contributed by atoms with van der Waals surface area (Å²) >= 11 is 9.39. The highest BCUT2D eigenvalue weighted by Gasteiger charge is 2.51. The Morgan fingerprint density at radius 1 is 1.25 bits per heavy atom. The summed E-state index contributed by atoms with van der Waals surface area (Å²) in [6, 6.07) is 14.4. The number of benzene rings is 2. The van der Waals surface area contributed by atoms with E-state index in [4.69, 9.17) is 16.3 Å². The molecule has 3 nitrogen and oxygen atoms in total. The van der Waals surface area contributed by atoms with Crippen LogP contribution in [0.2, 0.25) is 5.02 Å². The van der Waals surface area contributed by atoms with Crippen LogP contribution in [-0.2, 0) is 5.60 Å². The number of ether oxygens (including phenoxy) is 1. The molecule has 0 amide bonds. The molecule has 1 aliphatic heterocycles. The van der Waals surface area contributed by atoms with Crippen LogP contribution < -0.4 is 4.74 Å². The van der Waals surface area contributed by atoms with Crippen molar-refractivity contribution < 1.29 is 9.84 Å². The van der Waals surface area contributed by atoms with Crippen molar-refractivity contribution in [1.29, 1.82) is 5.26 Å². The van der Waals surface area contributed by atoms with E-state index in [1.807, 2.05) is 6.07 Å². The first-order chi connectivity index (χ1) is 9.60. The molecule has 0 bridgehead atoms. The molecule has 0 saturated carbocycles. The highest BCUT2D eigenvalue weighted by molar-refractivity contribution is 9.10. The molecule has 0 radical (unpaired) electrons. The van der Waals surface area contributed by atoms with Gasteiger partial charge in [-0.2, -0.15) is 5.26 Å². The Morgan fingerprint density at radius 3 is 2.60 bits per heavy atom. The van der Waals surface area contributed by atoms with Gasteiger partial charge in [0.05, 0.1) is 5.02 Å². The summed E-state index contributed by atoms with van der Waals surface area (Å²) in [5.74, 6) is 0.458. The molecule has 20 heavy (non-hydrogen) atoms. The number of nitrogens with zero attached hydrogens (tertiary/aromatic N) is 1. The van der Waals surface area contributed by atoms with Gasteiger partial charge in [0.1, 0.15) is 17.9 Å². The van der Waals surface area contributed by atoms with Crippen molar-refractivity contribution in [3.63, 3.8) is 0 Å². The predicted octanol–water partition coefficient (Wildman–Crippen LogP) is 3.95. The van der Waals surface area contributed by atoms with E-state index in [1.165, 1.54) is 0 Å². The lowest BCUT2D eigenvalue weighted by Crippen LogP contribution is -2.33. The van der Waals surface area contributed by atoms with Gasteiger partial charge in [0.2, 0.25) is 5.60 Å². The second kappa shape index (κ2) is 4.78. The Hall–Kier alpha value is -1.54. The lowest BCUT2D eigenvalue weighted by molar-refractivity contribution is 0.0114. The van der Waals surface area contributed by atoms with Crippen LogP contribution in [0, 0.1) is 11.3 Å². The van der Waals surface area contributed by atoms with Crippen LogP contribution in [0.4, 0.5) is 0 Å². The topological polar surface area (TPSA) is 53.2 Å². The van der Waals surface area contributed by atoms with E-state index in [1.54, 1.807) is 36.4 Å². The molecule has 1 unspecified atom stereocenters. The van der Waals surface area contributed by atoms with Crippen LogP contribution in [0.15, 0.2) is 46.9 Å². The third kappa shape index (κ3) is 1.75. The molecule has 0 aliphatic carbocycles. The van der Waals surface area contributed by atoms with Crippen molar-refractivity contribution >= 4 is 27.5 Å². The minimum atomic E-state index is -1.45. The van der Waals surface area contributed by atoms with Crippen molar-refractivity contribution in [1.82, 2.24) is 0 Å². The number of aliphatic hydroxyl groups is 1. The maximum Gasteiger partial charge on any atom is 0.249 e. The van der Waals surface area contributed by atoms with Gasteiger partial charge >= 0.3 is 0 Å². The molecule has 0 spiro atoms. The van der Waals surface area contributed by atoms with Gasteiger partial charge in [-0.25, -0.2) is 0 Å². The van der Waals surface area contributed by atoms with Crippen molar-refractivity contribution in [2.75, 3.05) is 0 Å². The monoisotopic (exact) mass is 349 g/mol. The van der Waals surface area contributed by atoms with Gasteiger partial charge in [0, 0.05) is 15.6 Å². The summed E-state index contributed by atoms with van der Waals surface area (Å²) in [6.45, 7) is 0. The third-order valence-corrected chi connectivity index (χ3v) is 4.79. The second-order valence-electron chi connectivity index (χ2n) is 4.49. The quantitative estimate of drug-likeness (QED) is 0.847. The lowest BCUT2D eigenvalue weighted by atomic mass is 9.88. The van der Waals surface area contributed by atoms with Crippen LogP contribution in [0.25, 0.3) is 0 Å². The van der Waals surface area contributed by atoms with Gasteiger partial charge in [-0.3, -0.25) is 0 Å². The van der Waals surface area contributed by atoms with Crippen LogP contribution in [0.3, 0.4) is 0 Å². The molecular formula is C15H9BrClNO2. The standard InChI is InChI=1S/C15H9BrClNO2/c16-13-10(17)6-7-11-12(13)14(19)15(8-18,20-11)9-4-2-1-3-5-9/h1-7,14,19H/t14-,15?/m0/s1. The third-order valence-electron chi connectivity index (χ3n) is 3.39. The average Bonchev–Trinajstić information content (AvgIpc) is 2.78. The van der Waals surface area contributed by atoms with Crippen molar-refractivity contribution in [2.24, 2.45) is 0 Å². The van der Waals surface area contributed by atoms with Crippen LogP contribution >= 0.6 is 27.5 Å². The molecule has 2 aromatic rings. The fourth-order valence-corrected chi connectivity index (χ4v) is 3.09. The summed E-state index contributed by atoms with van der Waals surface area (Å²) in [5, 5.41) is 20.7. The zero-order valence-corrected chi connectivity index (χ0v) is 12.5. The first-order valence-corrected chi connectivity index (χ1v) is 7.09. The molecule has 0 saturated heterocycles. The first kappa shape index (κ1) is 13.4. The van der Waals surface area contributed by atoms with Gasteiger partial charge in [0.25, 0.3) is 0 Å². The fraction of sp³-hybridized carbons (Fsp3) is 0.133. The molecule has 0 fully saturated rings. The van der Waals surface area contributed by atoms with E-state index in [-0.39, 0.29) is 0 Å². The number of nitriles is 1. The van der Waals surface area contributed by atoms with E-state index >= 15 is 0 Å². The summed E-state index contributed by atoms with van der Waals surface area (Å²) in [6.07, 6.45) is -1.11. The maximum absolute atomic E-state index is 10.6. The molecule has 2 atom stereocenters. The largest absolute Gasteiger partial charge is 0.465 e. The summed E-state index contributed by atoms with van der Waals surface area (Å²) in [5.41, 5.74) is -0.339. The highest BCUT2D eigenvalue weighted by Crippen LogP contribution is 2.52. The minimum Gasteiger partial charge on any atom is -0.465 e. The predicted molar refractivity (Wildman–Crippen MR) is 78.5 cm³/mol. The summed E-state index contributed by atoms with van der Waals surface area (Å²) in [7, 11) is 0. The van der Waals surface area contributed by atoms with Crippen LogP contribution in [0.1, 0.15) is 17.2 Å². The molecule has 0 aromatic heterocycles. The molecule has 5 heteroatoms. The molecule has 1 aliphatic rings. The Balaban J connectivity index is 2.20. The van der Waals surface area contributed by atoms with Crippen LogP contribution in [0.5, 0.6) is 5.75 Å². The van der Waals surface area contributed by atoms with E-state index in [9.17, 15) is 10.4 Å². The number of fused-ring (bicyclic) bond motifs is 1. The Labute approximate surface area is 129 Å². The summed E-state index contributed by atoms with van der Waals surface area (Å²) in [4.78, 5) is 0. The lowest BCUT2D eigenvalue weighted by Gasteiger charge is -2.24. The molecule has 100 valence electrons. The van der Waals surface area contributed by atoms with Crippen molar-refractivity contribution in [3.8, 4) is 11.8 Å². The number of aliphatic hydroxyl groups excluding tert-OH is 1. The average molecular weight is 351 g/mol. The number of halogens is 2. The van der Waals surface area contributed by atoms with Gasteiger partial charge in [-0.05, 0) is 28.1 Å². The molecule has 1 N–H and O–H groups in total. The minimum absolute atomic E-state index is 0.458. The van der Waals surface area contributed by atoms with Gasteiger partial charge in [0.15, 0.2) is 0 Å². The molecule has 1 heterocycles. The van der Waals surface area contributed by atoms with Gasteiger partial charge < -0.3 is 9.84 Å². The second-order valence-corrected chi connectivity index (χ2v) is 5.69. The Bertz CT molecular complexity index is 714.